The molecule has 0 bridgehead atoms. The van der Waals surface area contributed by atoms with Crippen LogP contribution < -0.4 is 10.6 Å². The molecular weight excluding hydrogens is 224 g/mol. The number of aromatic nitrogens is 2. The van der Waals surface area contributed by atoms with Crippen LogP contribution in [-0.4, -0.2) is 22.6 Å². The molecule has 1 fully saturated rings. The van der Waals surface area contributed by atoms with Gasteiger partial charge in [0.15, 0.2) is 0 Å². The van der Waals surface area contributed by atoms with Crippen LogP contribution in [0.2, 0.25) is 0 Å². The predicted molar refractivity (Wildman–Crippen MR) is 76.0 cm³/mol. The van der Waals surface area contributed by atoms with Gasteiger partial charge in [0, 0.05) is 18.2 Å². The normalized spacial score (nSPS) is 16.4. The quantitative estimate of drug-likeness (QED) is 0.778. The zero-order valence-corrected chi connectivity index (χ0v) is 11.7. The van der Waals surface area contributed by atoms with Crippen molar-refractivity contribution in [3.63, 3.8) is 0 Å². The Morgan fingerprint density at radius 3 is 2.61 bits per heavy atom. The van der Waals surface area contributed by atoms with Gasteiger partial charge in [-0.2, -0.15) is 0 Å². The Morgan fingerprint density at radius 2 is 2.00 bits per heavy atom. The summed E-state index contributed by atoms with van der Waals surface area (Å²) in [6.45, 7) is 7.43. The molecule has 4 nitrogen and oxygen atoms in total. The summed E-state index contributed by atoms with van der Waals surface area (Å²) in [5.74, 6) is 2.83. The molecule has 1 aliphatic carbocycles. The third-order valence-corrected chi connectivity index (χ3v) is 3.48. The van der Waals surface area contributed by atoms with E-state index in [1.54, 1.807) is 6.33 Å². The number of hydrogen-bond donors (Lipinski definition) is 2. The van der Waals surface area contributed by atoms with Crippen LogP contribution in [0.5, 0.6) is 0 Å². The van der Waals surface area contributed by atoms with E-state index in [0.717, 1.165) is 36.9 Å². The van der Waals surface area contributed by atoms with Crippen molar-refractivity contribution in [1.82, 2.24) is 9.97 Å². The van der Waals surface area contributed by atoms with Crippen LogP contribution in [0.25, 0.3) is 0 Å². The van der Waals surface area contributed by atoms with Gasteiger partial charge >= 0.3 is 0 Å². The Balaban J connectivity index is 2.17. The van der Waals surface area contributed by atoms with Gasteiger partial charge in [-0.05, 0) is 39.0 Å². The van der Waals surface area contributed by atoms with Crippen molar-refractivity contribution in [2.45, 2.75) is 52.5 Å². The Morgan fingerprint density at radius 1 is 1.28 bits per heavy atom. The van der Waals surface area contributed by atoms with Crippen LogP contribution in [-0.2, 0) is 6.42 Å². The highest BCUT2D eigenvalue weighted by Gasteiger charge is 2.28. The van der Waals surface area contributed by atoms with Crippen molar-refractivity contribution < 1.29 is 0 Å². The molecule has 0 radical (unpaired) electrons. The topological polar surface area (TPSA) is 49.8 Å². The third-order valence-electron chi connectivity index (χ3n) is 3.48. The van der Waals surface area contributed by atoms with Crippen LogP contribution in [0, 0.1) is 5.92 Å². The van der Waals surface area contributed by atoms with E-state index in [-0.39, 0.29) is 0 Å². The van der Waals surface area contributed by atoms with E-state index < -0.39 is 0 Å². The Kier molecular flexibility index (Phi) is 4.39. The van der Waals surface area contributed by atoms with E-state index in [1.165, 1.54) is 18.4 Å². The van der Waals surface area contributed by atoms with Crippen LogP contribution in [0.1, 0.15) is 45.6 Å². The van der Waals surface area contributed by atoms with Gasteiger partial charge in [-0.15, -0.1) is 0 Å². The number of nitrogens with zero attached hydrogens (tertiary/aromatic N) is 2. The molecule has 1 aromatic heterocycles. The second-order valence-electron chi connectivity index (χ2n) is 5.10. The largest absolute Gasteiger partial charge is 0.370 e. The van der Waals surface area contributed by atoms with Crippen molar-refractivity contribution >= 4 is 11.6 Å². The molecule has 0 amide bonds. The molecule has 2 rings (SSSR count). The average Bonchev–Trinajstić information content (AvgIpc) is 3.17. The van der Waals surface area contributed by atoms with Gasteiger partial charge in [-0.1, -0.05) is 13.3 Å². The minimum Gasteiger partial charge on any atom is -0.370 e. The molecule has 18 heavy (non-hydrogen) atoms. The first kappa shape index (κ1) is 13.1. The molecule has 1 aliphatic rings. The van der Waals surface area contributed by atoms with E-state index in [2.05, 4.69) is 41.4 Å². The fourth-order valence-corrected chi connectivity index (χ4v) is 2.27. The third kappa shape index (κ3) is 3.12. The lowest BCUT2D eigenvalue weighted by Gasteiger charge is -2.18. The summed E-state index contributed by atoms with van der Waals surface area (Å²) in [5.41, 5.74) is 1.23. The van der Waals surface area contributed by atoms with E-state index in [4.69, 9.17) is 0 Å². The van der Waals surface area contributed by atoms with Crippen molar-refractivity contribution in [2.75, 3.05) is 17.2 Å². The maximum absolute atomic E-state index is 4.43. The molecule has 0 aromatic carbocycles. The van der Waals surface area contributed by atoms with Gasteiger partial charge in [0.2, 0.25) is 0 Å². The molecule has 1 heterocycles. The Labute approximate surface area is 110 Å². The monoisotopic (exact) mass is 248 g/mol. The molecule has 4 heteroatoms. The molecule has 1 atom stereocenters. The van der Waals surface area contributed by atoms with E-state index in [1.807, 2.05) is 0 Å². The molecule has 2 N–H and O–H groups in total. The molecule has 1 saturated carbocycles. The van der Waals surface area contributed by atoms with E-state index in [9.17, 15) is 0 Å². The summed E-state index contributed by atoms with van der Waals surface area (Å²) in [6.07, 6.45) is 6.48. The molecular formula is C14H24N4. The summed E-state index contributed by atoms with van der Waals surface area (Å²) < 4.78 is 0. The second-order valence-corrected chi connectivity index (χ2v) is 5.10. The summed E-state index contributed by atoms with van der Waals surface area (Å²) in [6, 6.07) is 0.519. The van der Waals surface area contributed by atoms with Gasteiger partial charge in [-0.3, -0.25) is 0 Å². The maximum Gasteiger partial charge on any atom is 0.134 e. The van der Waals surface area contributed by atoms with Crippen molar-refractivity contribution in [1.29, 1.82) is 0 Å². The van der Waals surface area contributed by atoms with Crippen LogP contribution in [0.15, 0.2) is 6.33 Å². The first-order chi connectivity index (χ1) is 8.76. The maximum atomic E-state index is 4.43. The van der Waals surface area contributed by atoms with E-state index >= 15 is 0 Å². The smallest absolute Gasteiger partial charge is 0.134 e. The lowest BCUT2D eigenvalue weighted by molar-refractivity contribution is 0.687. The van der Waals surface area contributed by atoms with Gasteiger partial charge in [0.25, 0.3) is 0 Å². The Hall–Kier alpha value is -1.32. The minimum atomic E-state index is 0.519. The summed E-state index contributed by atoms with van der Waals surface area (Å²) in [4.78, 5) is 8.78. The Bertz CT molecular complexity index is 387. The van der Waals surface area contributed by atoms with Gasteiger partial charge < -0.3 is 10.6 Å². The summed E-state index contributed by atoms with van der Waals surface area (Å²) in [5, 5.41) is 6.89. The minimum absolute atomic E-state index is 0.519. The molecule has 0 saturated heterocycles. The zero-order valence-electron chi connectivity index (χ0n) is 11.7. The van der Waals surface area contributed by atoms with Crippen molar-refractivity contribution in [3.8, 4) is 0 Å². The summed E-state index contributed by atoms with van der Waals surface area (Å²) in [7, 11) is 0. The first-order valence-corrected chi connectivity index (χ1v) is 7.10. The molecule has 0 aliphatic heterocycles. The van der Waals surface area contributed by atoms with Gasteiger partial charge in [-0.25, -0.2) is 9.97 Å². The number of rotatable bonds is 7. The SMILES string of the molecule is CCCc1c(NCC)ncnc1NC(C)C1CC1. The number of hydrogen-bond acceptors (Lipinski definition) is 4. The van der Waals surface area contributed by atoms with Crippen LogP contribution in [0.4, 0.5) is 11.6 Å². The molecule has 0 spiro atoms. The predicted octanol–water partition coefficient (Wildman–Crippen LogP) is 3.07. The highest BCUT2D eigenvalue weighted by molar-refractivity contribution is 5.57. The van der Waals surface area contributed by atoms with Crippen LogP contribution in [0.3, 0.4) is 0 Å². The first-order valence-electron chi connectivity index (χ1n) is 7.10. The highest BCUT2D eigenvalue weighted by atomic mass is 15.1. The molecule has 1 aromatic rings. The van der Waals surface area contributed by atoms with Crippen LogP contribution >= 0.6 is 0 Å². The average molecular weight is 248 g/mol. The fraction of sp³-hybridized carbons (Fsp3) is 0.714. The fourth-order valence-electron chi connectivity index (χ4n) is 2.27. The standard InChI is InChI=1S/C14H24N4/c1-4-6-12-13(15-5-2)16-9-17-14(12)18-10(3)11-7-8-11/h9-11H,4-8H2,1-3H3,(H2,15,16,17,18). The van der Waals surface area contributed by atoms with E-state index in [0.29, 0.717) is 6.04 Å². The second kappa shape index (κ2) is 6.03. The van der Waals surface area contributed by atoms with Gasteiger partial charge in [0.05, 0.1) is 0 Å². The van der Waals surface area contributed by atoms with Gasteiger partial charge in [0.1, 0.15) is 18.0 Å². The highest BCUT2D eigenvalue weighted by Crippen LogP contribution is 2.34. The summed E-state index contributed by atoms with van der Waals surface area (Å²) >= 11 is 0. The lowest BCUT2D eigenvalue weighted by Crippen LogP contribution is -2.20. The number of anilines is 2. The molecule has 100 valence electrons. The van der Waals surface area contributed by atoms with Crippen molar-refractivity contribution in [3.05, 3.63) is 11.9 Å². The number of nitrogens with one attached hydrogen (secondary N) is 2. The molecule has 1 unspecified atom stereocenters. The lowest BCUT2D eigenvalue weighted by atomic mass is 10.1. The zero-order chi connectivity index (χ0) is 13.0. The van der Waals surface area contributed by atoms with Crippen molar-refractivity contribution in [2.24, 2.45) is 5.92 Å².